The molecule has 29 heteroatoms. The van der Waals surface area contributed by atoms with Crippen LogP contribution in [-0.2, 0) is 66.5 Å². The summed E-state index contributed by atoms with van der Waals surface area (Å²) in [4.78, 5) is 49.8. The predicted molar refractivity (Wildman–Crippen MR) is 329 cm³/mol. The summed E-state index contributed by atoms with van der Waals surface area (Å²) < 4.78 is 51.9. The van der Waals surface area contributed by atoms with E-state index in [4.69, 9.17) is 57.6 Å². The van der Waals surface area contributed by atoms with Crippen molar-refractivity contribution in [1.82, 2.24) is 0 Å². The highest BCUT2D eigenvalue weighted by atomic mass is 16.8. The van der Waals surface area contributed by atoms with E-state index in [1.807, 2.05) is 6.08 Å². The summed E-state index contributed by atoms with van der Waals surface area (Å²) in [5, 5.41) is 148. The first-order valence-corrected chi connectivity index (χ1v) is 31.7. The van der Waals surface area contributed by atoms with Crippen LogP contribution < -0.4 is 0 Å². The highest BCUT2D eigenvalue weighted by molar-refractivity contribution is 5.83. The van der Waals surface area contributed by atoms with Crippen LogP contribution in [0.4, 0.5) is 0 Å². The second kappa shape index (κ2) is 39.2. The van der Waals surface area contributed by atoms with Crippen LogP contribution in [-0.4, -0.2) is 271 Å². The van der Waals surface area contributed by atoms with Crippen LogP contribution in [0.1, 0.15) is 119 Å². The first kappa shape index (κ1) is 81.9. The first-order valence-electron chi connectivity index (χ1n) is 31.7. The average molecular weight is 1350 g/mol. The molecule has 0 aromatic heterocycles. The first-order chi connectivity index (χ1) is 44.5. The van der Waals surface area contributed by atoms with E-state index in [2.05, 4.69) is 71.9 Å². The summed E-state index contributed by atoms with van der Waals surface area (Å²) in [6.07, 6.45) is -4.22. The van der Waals surface area contributed by atoms with Gasteiger partial charge in [-0.3, -0.25) is 19.2 Å². The molecular weight excluding hydrogens is 1240 g/mol. The molecule has 0 aromatic carbocycles. The topological polar surface area (TPSA) is 464 Å². The number of carbonyl (C=O) groups excluding carboxylic acids is 4. The Morgan fingerprint density at radius 2 is 0.819 bits per heavy atom. The van der Waals surface area contributed by atoms with E-state index in [0.29, 0.717) is 19.3 Å². The van der Waals surface area contributed by atoms with Gasteiger partial charge in [0.15, 0.2) is 12.6 Å². The van der Waals surface area contributed by atoms with Crippen LogP contribution >= 0.6 is 0 Å². The molecule has 0 spiro atoms. The molecule has 15 N–H and O–H groups in total. The van der Waals surface area contributed by atoms with Crippen molar-refractivity contribution in [3.63, 3.8) is 0 Å². The number of esters is 4. The molecule has 0 saturated carbocycles. The van der Waals surface area contributed by atoms with Gasteiger partial charge in [-0.2, -0.15) is 0 Å². The number of allylic oxidation sites excluding steroid dienone is 12. The third kappa shape index (κ3) is 22.0. The summed E-state index contributed by atoms with van der Waals surface area (Å²) in [7, 11) is 3.97. The summed E-state index contributed by atoms with van der Waals surface area (Å²) >= 11 is 0. The molecular formula is C65H104O29. The van der Waals surface area contributed by atoms with Crippen molar-refractivity contribution in [1.29, 1.82) is 0 Å². The fourth-order valence-electron chi connectivity index (χ4n) is 11.7. The lowest BCUT2D eigenvalue weighted by molar-refractivity contribution is -0.383. The molecule has 4 saturated heterocycles. The van der Waals surface area contributed by atoms with Gasteiger partial charge >= 0.3 is 23.9 Å². The Kier molecular flexibility index (Phi) is 34.1. The van der Waals surface area contributed by atoms with Gasteiger partial charge in [0.25, 0.3) is 0 Å². The zero-order valence-electron chi connectivity index (χ0n) is 55.2. The Labute approximate surface area is 548 Å². The van der Waals surface area contributed by atoms with E-state index in [0.717, 1.165) is 56.9 Å². The van der Waals surface area contributed by atoms with Gasteiger partial charge in [0.1, 0.15) is 105 Å². The van der Waals surface area contributed by atoms with Crippen LogP contribution in [0.5, 0.6) is 0 Å². The van der Waals surface area contributed by atoms with E-state index in [9.17, 15) is 85.6 Å². The van der Waals surface area contributed by atoms with E-state index in [-0.39, 0.29) is 18.4 Å². The quantitative estimate of drug-likeness (QED) is 0.0270. The minimum absolute atomic E-state index is 0.223. The Bertz CT molecular complexity index is 2580. The van der Waals surface area contributed by atoms with Crippen molar-refractivity contribution in [3.8, 4) is 0 Å². The van der Waals surface area contributed by atoms with E-state index >= 15 is 0 Å². The fourth-order valence-corrected chi connectivity index (χ4v) is 11.7. The summed E-state index contributed by atoms with van der Waals surface area (Å²) in [6, 6.07) is 0. The number of aliphatic hydroxyl groups excluding tert-OH is 15. The molecule has 6 rings (SSSR count). The molecule has 2 aliphatic carbocycles. The molecule has 538 valence electrons. The molecule has 4 fully saturated rings. The zero-order valence-corrected chi connectivity index (χ0v) is 55.2. The number of aliphatic hydroxyl groups is 15. The molecule has 0 radical (unpaired) electrons. The summed E-state index contributed by atoms with van der Waals surface area (Å²) in [5.74, 6) is -9.07. The number of ether oxygens (including phenoxy) is 10. The molecule has 6 aliphatic rings. The monoisotopic (exact) mass is 1350 g/mol. The maximum atomic E-state index is 13.2. The fraction of sp³-hybridized carbons (Fsp3) is 0.754. The third-order valence-corrected chi connectivity index (χ3v) is 17.5. The zero-order chi connectivity index (χ0) is 70.4. The number of hydrogen-bond donors (Lipinski definition) is 15. The van der Waals surface area contributed by atoms with Crippen molar-refractivity contribution >= 4 is 23.9 Å². The minimum atomic E-state index is -2.35. The average Bonchev–Trinajstić information content (AvgIpc) is 1.58. The minimum Gasteiger partial charge on any atom is -0.469 e. The van der Waals surface area contributed by atoms with E-state index in [1.165, 1.54) is 49.2 Å². The third-order valence-electron chi connectivity index (χ3n) is 17.5. The molecule has 0 amide bonds. The molecule has 0 aromatic rings. The van der Waals surface area contributed by atoms with Gasteiger partial charge in [-0.25, -0.2) is 0 Å². The van der Waals surface area contributed by atoms with Gasteiger partial charge < -0.3 is 124 Å². The molecule has 0 bridgehead atoms. The highest BCUT2D eigenvalue weighted by Crippen LogP contribution is 2.40. The number of rotatable bonds is 27. The maximum Gasteiger partial charge on any atom is 0.310 e. The lowest BCUT2D eigenvalue weighted by Crippen LogP contribution is -2.63. The standard InChI is InChI=1S/C32H50O14.C21H32O4.C12H22O11/c1-17(2)7-5-8-18(3)9-6-10-19-11-12-20(21(13-19)29(40)42-4)30(41)43-15-23-24(35)26(37)27(38)31(44-23)46-32(16-34)28(39)25(36)22(14-33)45-32;1-15(2)8-6-9-16(3)10-7-11-17-12-13-18(20(22)24-4)19(14-17)21(23)25-5;13-1-4-6(16)8(18)9(19)11(21-4)23-12(3-15)10(20)7(17)5(2-14)22-12/h7,9,11,20-28,31,33-39H,5-6,8,10,12-16H2,1-4H3;8,10,12,18-19H,6-7,9,11,13-14H2,1-5H3;4-11,13-20H,1-3H2/b18-9+;16-10+;. The molecule has 29 nitrogen and oxygen atoms in total. The molecule has 94 heavy (non-hydrogen) atoms. The molecule has 22 unspecified atom stereocenters. The number of hydrogen-bond acceptors (Lipinski definition) is 29. The van der Waals surface area contributed by atoms with Gasteiger partial charge in [0.2, 0.25) is 11.6 Å². The lowest BCUT2D eigenvalue weighted by Gasteiger charge is -2.43. The Balaban J connectivity index is 0.000000330. The predicted octanol–water partition coefficient (Wildman–Crippen LogP) is -0.884. The largest absolute Gasteiger partial charge is 0.469 e. The van der Waals surface area contributed by atoms with E-state index < -0.39 is 185 Å². The molecule has 4 heterocycles. The van der Waals surface area contributed by atoms with Crippen molar-refractivity contribution in [2.75, 3.05) is 61.0 Å². The van der Waals surface area contributed by atoms with E-state index in [1.54, 1.807) is 0 Å². The summed E-state index contributed by atoms with van der Waals surface area (Å²) in [6.45, 7) is 7.93. The van der Waals surface area contributed by atoms with Gasteiger partial charge in [0, 0.05) is 0 Å². The van der Waals surface area contributed by atoms with Gasteiger partial charge in [-0.05, 0) is 119 Å². The van der Waals surface area contributed by atoms with Crippen molar-refractivity contribution in [2.24, 2.45) is 23.7 Å². The molecule has 22 atom stereocenters. The Morgan fingerprint density at radius 3 is 1.17 bits per heavy atom. The van der Waals surface area contributed by atoms with Crippen LogP contribution in [0.25, 0.3) is 0 Å². The van der Waals surface area contributed by atoms with Crippen LogP contribution in [0.15, 0.2) is 69.9 Å². The summed E-state index contributed by atoms with van der Waals surface area (Å²) in [5.41, 5.74) is 7.56. The SMILES string of the molecule is COC(=O)C1CC(CC/C=C(\C)CCC=C(C)C)=CCC1C(=O)OCC1OC(OC2(CO)OC(CO)C(O)C2O)C(O)C(O)C1O.COC(=O)C1CC=C(CC/C=C(\C)CCC=C(C)C)CC1C(=O)OC.OCC1OC(OC2(CO)OC(CO)C(O)C2O)C(O)C(O)C1O. The van der Waals surface area contributed by atoms with Crippen molar-refractivity contribution in [2.45, 2.75) is 228 Å². The van der Waals surface area contributed by atoms with Crippen molar-refractivity contribution in [3.05, 3.63) is 69.9 Å². The number of carbonyl (C=O) groups is 4. The van der Waals surface area contributed by atoms with Gasteiger partial charge in [-0.15, -0.1) is 0 Å². The van der Waals surface area contributed by atoms with Gasteiger partial charge in [0.05, 0.1) is 64.8 Å². The van der Waals surface area contributed by atoms with Crippen LogP contribution in [0, 0.1) is 23.7 Å². The van der Waals surface area contributed by atoms with Crippen molar-refractivity contribution < 1.29 is 143 Å². The van der Waals surface area contributed by atoms with Crippen LogP contribution in [0.3, 0.4) is 0 Å². The maximum absolute atomic E-state index is 13.2. The highest BCUT2D eigenvalue weighted by Gasteiger charge is 2.60. The normalized spacial score (nSPS) is 35.9. The molecule has 4 aliphatic heterocycles. The van der Waals surface area contributed by atoms with Crippen LogP contribution in [0.2, 0.25) is 0 Å². The Morgan fingerprint density at radius 1 is 0.457 bits per heavy atom. The smallest absolute Gasteiger partial charge is 0.310 e. The second-order valence-electron chi connectivity index (χ2n) is 25.0. The van der Waals surface area contributed by atoms with Gasteiger partial charge in [-0.1, -0.05) is 69.9 Å². The number of methoxy groups -OCH3 is 3. The Hall–Kier alpha value is -4.52. The lowest BCUT2D eigenvalue weighted by atomic mass is 9.78. The second-order valence-corrected chi connectivity index (χ2v) is 25.0.